The van der Waals surface area contributed by atoms with Gasteiger partial charge < -0.3 is 19.5 Å². The molecule has 7 heteroatoms. The van der Waals surface area contributed by atoms with E-state index in [0.29, 0.717) is 36.3 Å². The second-order valence-corrected chi connectivity index (χ2v) is 9.39. The lowest BCUT2D eigenvalue weighted by Crippen LogP contribution is -2.36. The number of carbonyl (C=O) groups excluding carboxylic acids is 2. The van der Waals surface area contributed by atoms with Crippen LogP contribution in [0.5, 0.6) is 5.75 Å². The van der Waals surface area contributed by atoms with Crippen LogP contribution in [0.4, 0.5) is 0 Å². The average Bonchev–Trinajstić information content (AvgIpc) is 2.83. The number of halogens is 1. The van der Waals surface area contributed by atoms with Crippen molar-refractivity contribution in [3.8, 4) is 5.75 Å². The van der Waals surface area contributed by atoms with E-state index in [1.54, 1.807) is 14.2 Å². The second kappa shape index (κ2) is 10.6. The molecule has 178 valence electrons. The molecule has 0 aromatic heterocycles. The molecule has 4 rings (SSSR count). The number of ether oxygens (including phenoxy) is 3. The van der Waals surface area contributed by atoms with Crippen LogP contribution >= 0.6 is 15.9 Å². The van der Waals surface area contributed by atoms with Gasteiger partial charge in [0.1, 0.15) is 12.4 Å². The SMILES string of the molecule is COCCOC(=O)C1=C(C)NC2=C(C(=O)C[C@@H](c3ccc(OC)cc3)C2)[C@H]1c1ccc(Br)cc1. The zero-order valence-electron chi connectivity index (χ0n) is 19.5. The highest BCUT2D eigenvalue weighted by atomic mass is 79.9. The van der Waals surface area contributed by atoms with Gasteiger partial charge in [-0.2, -0.15) is 0 Å². The Morgan fingerprint density at radius 3 is 2.32 bits per heavy atom. The van der Waals surface area contributed by atoms with Gasteiger partial charge >= 0.3 is 5.97 Å². The number of methoxy groups -OCH3 is 2. The van der Waals surface area contributed by atoms with Crippen molar-refractivity contribution < 1.29 is 23.8 Å². The molecule has 2 aliphatic rings. The van der Waals surface area contributed by atoms with Gasteiger partial charge in [-0.1, -0.05) is 40.2 Å². The number of benzene rings is 2. The third kappa shape index (κ3) is 4.95. The van der Waals surface area contributed by atoms with Crippen LogP contribution in [0, 0.1) is 0 Å². The Bertz CT molecular complexity index is 1130. The predicted molar refractivity (Wildman–Crippen MR) is 133 cm³/mol. The summed E-state index contributed by atoms with van der Waals surface area (Å²) < 4.78 is 16.7. The first-order valence-corrected chi connectivity index (χ1v) is 12.0. The largest absolute Gasteiger partial charge is 0.497 e. The summed E-state index contributed by atoms with van der Waals surface area (Å²) in [5.41, 5.74) is 4.67. The normalized spacial score (nSPS) is 20.1. The number of carbonyl (C=O) groups is 2. The molecule has 2 aromatic rings. The number of Topliss-reactive ketones (excluding diaryl/α,β-unsaturated/α-hetero) is 1. The summed E-state index contributed by atoms with van der Waals surface area (Å²) in [5, 5.41) is 3.38. The van der Waals surface area contributed by atoms with Crippen LogP contribution in [0.1, 0.15) is 42.7 Å². The predicted octanol–water partition coefficient (Wildman–Crippen LogP) is 5.01. The maximum atomic E-state index is 13.6. The van der Waals surface area contributed by atoms with E-state index >= 15 is 0 Å². The number of allylic oxidation sites excluding steroid dienone is 3. The smallest absolute Gasteiger partial charge is 0.336 e. The molecule has 0 radical (unpaired) electrons. The molecule has 1 heterocycles. The fourth-order valence-corrected chi connectivity index (χ4v) is 4.97. The van der Waals surface area contributed by atoms with E-state index in [1.807, 2.05) is 55.5 Å². The first-order chi connectivity index (χ1) is 16.4. The van der Waals surface area contributed by atoms with Gasteiger partial charge in [0.25, 0.3) is 0 Å². The molecular formula is C27H28BrNO5. The summed E-state index contributed by atoms with van der Waals surface area (Å²) in [7, 11) is 3.19. The number of rotatable bonds is 7. The third-order valence-corrected chi connectivity index (χ3v) is 6.89. The maximum Gasteiger partial charge on any atom is 0.336 e. The number of ketones is 1. The monoisotopic (exact) mass is 525 g/mol. The van der Waals surface area contributed by atoms with Gasteiger partial charge in [-0.15, -0.1) is 0 Å². The Morgan fingerprint density at radius 2 is 1.68 bits per heavy atom. The Morgan fingerprint density at radius 1 is 1.00 bits per heavy atom. The molecule has 0 saturated heterocycles. The Kier molecular flexibility index (Phi) is 7.54. The molecule has 0 amide bonds. The lowest BCUT2D eigenvalue weighted by atomic mass is 9.72. The van der Waals surface area contributed by atoms with Crippen LogP contribution in [-0.2, 0) is 19.1 Å². The zero-order chi connectivity index (χ0) is 24.2. The van der Waals surface area contributed by atoms with Crippen LogP contribution in [0.3, 0.4) is 0 Å². The zero-order valence-corrected chi connectivity index (χ0v) is 21.1. The molecule has 2 aromatic carbocycles. The van der Waals surface area contributed by atoms with E-state index in [9.17, 15) is 9.59 Å². The van der Waals surface area contributed by atoms with Gasteiger partial charge in [-0.25, -0.2) is 4.79 Å². The average molecular weight is 526 g/mol. The molecule has 0 fully saturated rings. The van der Waals surface area contributed by atoms with E-state index in [-0.39, 0.29) is 18.3 Å². The molecule has 6 nitrogen and oxygen atoms in total. The summed E-state index contributed by atoms with van der Waals surface area (Å²) in [5.74, 6) is -0.0435. The van der Waals surface area contributed by atoms with Gasteiger partial charge in [0.2, 0.25) is 0 Å². The van der Waals surface area contributed by atoms with Gasteiger partial charge in [0.05, 0.1) is 19.3 Å². The van der Waals surface area contributed by atoms with Crippen molar-refractivity contribution in [2.45, 2.75) is 31.6 Å². The van der Waals surface area contributed by atoms with Crippen molar-refractivity contribution in [3.05, 3.63) is 86.7 Å². The van der Waals surface area contributed by atoms with Crippen LogP contribution in [-0.4, -0.2) is 39.2 Å². The maximum absolute atomic E-state index is 13.6. The standard InChI is InChI=1S/C27H28BrNO5/c1-16-24(27(31)34-13-12-32-2)25(18-4-8-20(28)9-5-18)26-22(29-16)14-19(15-23(26)30)17-6-10-21(33-3)11-7-17/h4-11,19,25,29H,12-15H2,1-3H3/t19-,25-/m0/s1. The minimum Gasteiger partial charge on any atom is -0.497 e. The first-order valence-electron chi connectivity index (χ1n) is 11.2. The van der Waals surface area contributed by atoms with E-state index in [2.05, 4.69) is 21.2 Å². The van der Waals surface area contributed by atoms with Crippen molar-refractivity contribution >= 4 is 27.7 Å². The molecule has 1 aliphatic heterocycles. The van der Waals surface area contributed by atoms with Gasteiger partial charge in [0.15, 0.2) is 5.78 Å². The molecule has 0 unspecified atom stereocenters. The lowest BCUT2D eigenvalue weighted by Gasteiger charge is -2.36. The van der Waals surface area contributed by atoms with Crippen molar-refractivity contribution in [2.75, 3.05) is 27.4 Å². The summed E-state index contributed by atoms with van der Waals surface area (Å²) in [4.78, 5) is 26.7. The highest BCUT2D eigenvalue weighted by Crippen LogP contribution is 2.46. The Labute approximate surface area is 208 Å². The van der Waals surface area contributed by atoms with Crippen molar-refractivity contribution in [1.29, 1.82) is 0 Å². The lowest BCUT2D eigenvalue weighted by molar-refractivity contribution is -0.140. The summed E-state index contributed by atoms with van der Waals surface area (Å²) in [6.07, 6.45) is 1.06. The van der Waals surface area contributed by atoms with Gasteiger partial charge in [0, 0.05) is 40.9 Å². The highest BCUT2D eigenvalue weighted by molar-refractivity contribution is 9.10. The number of hydrogen-bond donors (Lipinski definition) is 1. The molecule has 0 bridgehead atoms. The van der Waals surface area contributed by atoms with Crippen molar-refractivity contribution in [1.82, 2.24) is 5.32 Å². The molecule has 2 atom stereocenters. The highest BCUT2D eigenvalue weighted by Gasteiger charge is 2.41. The van der Waals surface area contributed by atoms with Crippen molar-refractivity contribution in [2.24, 2.45) is 0 Å². The van der Waals surface area contributed by atoms with Crippen LogP contribution in [0.25, 0.3) is 0 Å². The number of esters is 1. The van der Waals surface area contributed by atoms with Gasteiger partial charge in [-0.3, -0.25) is 4.79 Å². The summed E-state index contributed by atoms with van der Waals surface area (Å²) in [6, 6.07) is 15.6. The van der Waals surface area contributed by atoms with Crippen molar-refractivity contribution in [3.63, 3.8) is 0 Å². The second-order valence-electron chi connectivity index (χ2n) is 8.47. The molecule has 34 heavy (non-hydrogen) atoms. The van der Waals surface area contributed by atoms with Crippen LogP contribution in [0.15, 0.2) is 75.5 Å². The molecule has 1 N–H and O–H groups in total. The Hall–Kier alpha value is -2.90. The van der Waals surface area contributed by atoms with E-state index in [4.69, 9.17) is 14.2 Å². The van der Waals surface area contributed by atoms with Crippen LogP contribution in [0.2, 0.25) is 0 Å². The van der Waals surface area contributed by atoms with E-state index in [0.717, 1.165) is 27.0 Å². The topological polar surface area (TPSA) is 73.9 Å². The van der Waals surface area contributed by atoms with E-state index < -0.39 is 11.9 Å². The fourth-order valence-electron chi connectivity index (χ4n) is 4.71. The Balaban J connectivity index is 1.72. The number of dihydropyridines is 1. The van der Waals surface area contributed by atoms with Crippen LogP contribution < -0.4 is 10.1 Å². The fraction of sp³-hybridized carbons (Fsp3) is 0.333. The summed E-state index contributed by atoms with van der Waals surface area (Å²) >= 11 is 3.47. The van der Waals surface area contributed by atoms with E-state index in [1.165, 1.54) is 0 Å². The minimum absolute atomic E-state index is 0.0391. The van der Waals surface area contributed by atoms with Gasteiger partial charge in [-0.05, 0) is 54.7 Å². The number of nitrogens with one attached hydrogen (secondary N) is 1. The molecule has 0 saturated carbocycles. The molecular weight excluding hydrogens is 498 g/mol. The third-order valence-electron chi connectivity index (χ3n) is 6.36. The molecule has 0 spiro atoms. The first kappa shape index (κ1) is 24.2. The summed E-state index contributed by atoms with van der Waals surface area (Å²) in [6.45, 7) is 2.33. The quantitative estimate of drug-likeness (QED) is 0.404. The minimum atomic E-state index is -0.483. The number of hydrogen-bond acceptors (Lipinski definition) is 6. The molecule has 1 aliphatic carbocycles.